The lowest BCUT2D eigenvalue weighted by molar-refractivity contribution is -0.181. The molecule has 3 saturated carbocycles. The van der Waals surface area contributed by atoms with E-state index in [9.17, 15) is 19.5 Å². The fourth-order valence-electron chi connectivity index (χ4n) is 8.14. The van der Waals surface area contributed by atoms with Crippen LogP contribution in [0.5, 0.6) is 0 Å². The number of ketones is 2. The zero-order chi connectivity index (χ0) is 24.3. The van der Waals surface area contributed by atoms with Crippen molar-refractivity contribution in [3.05, 3.63) is 59.7 Å². The van der Waals surface area contributed by atoms with Gasteiger partial charge in [0, 0.05) is 23.3 Å². The van der Waals surface area contributed by atoms with Crippen LogP contribution in [0.1, 0.15) is 58.4 Å². The highest BCUT2D eigenvalue weighted by atomic mass is 16.3. The number of Topliss-reactive ketones (excluding diaryl/α,β-unsaturated/α-hetero) is 1. The number of fused-ring (bicyclic) bond motifs is 5. The first-order chi connectivity index (χ1) is 16.1. The Morgan fingerprint density at radius 1 is 1.12 bits per heavy atom. The van der Waals surface area contributed by atoms with Gasteiger partial charge in [-0.15, -0.1) is 0 Å². The number of nitrogens with one attached hydrogen (secondary N) is 1. The van der Waals surface area contributed by atoms with Crippen molar-refractivity contribution in [2.45, 2.75) is 65.0 Å². The number of allylic oxidation sites excluding steroid dienone is 4. The molecular formula is C29H35NO4. The summed E-state index contributed by atoms with van der Waals surface area (Å²) in [5.41, 5.74) is 0.253. The number of carbonyl (C=O) groups excluding carboxylic acids is 3. The molecule has 4 aliphatic rings. The summed E-state index contributed by atoms with van der Waals surface area (Å²) in [5, 5.41) is 15.1. The summed E-state index contributed by atoms with van der Waals surface area (Å²) in [5.74, 6) is -1.21. The van der Waals surface area contributed by atoms with E-state index in [0.717, 1.165) is 24.8 Å². The Hall–Kier alpha value is -2.53. The Kier molecular flexibility index (Phi) is 5.47. The molecule has 5 nitrogen and oxygen atoms in total. The van der Waals surface area contributed by atoms with E-state index in [1.54, 1.807) is 12.2 Å². The summed E-state index contributed by atoms with van der Waals surface area (Å²) in [6.45, 7) is 6.56. The highest BCUT2D eigenvalue weighted by molar-refractivity contribution is 6.37. The molecule has 34 heavy (non-hydrogen) atoms. The van der Waals surface area contributed by atoms with Crippen molar-refractivity contribution >= 4 is 17.5 Å². The summed E-state index contributed by atoms with van der Waals surface area (Å²) in [6.07, 6.45) is 9.21. The van der Waals surface area contributed by atoms with Crippen LogP contribution in [0, 0.1) is 34.5 Å². The van der Waals surface area contributed by atoms with E-state index >= 15 is 0 Å². The number of aliphatic hydroxyl groups is 1. The SMILES string of the molecule is C[C@@H]1CC2(O)[C@@H]3CCC4=CC(=O)C=C[C@]4(C)[C@H]3CC[C@]2(C)[C@H]1C(=O)C(=O)NCc1ccccc1. The van der Waals surface area contributed by atoms with Gasteiger partial charge in [0.1, 0.15) is 0 Å². The van der Waals surface area contributed by atoms with Gasteiger partial charge >= 0.3 is 0 Å². The average molecular weight is 462 g/mol. The first-order valence-corrected chi connectivity index (χ1v) is 12.6. The van der Waals surface area contributed by atoms with Crippen LogP contribution in [0.4, 0.5) is 0 Å². The number of benzene rings is 1. The predicted octanol–water partition coefficient (Wildman–Crippen LogP) is 4.16. The number of hydrogen-bond donors (Lipinski definition) is 2. The van der Waals surface area contributed by atoms with E-state index in [4.69, 9.17) is 0 Å². The Labute approximate surface area is 201 Å². The van der Waals surface area contributed by atoms with Crippen molar-refractivity contribution in [1.29, 1.82) is 0 Å². The molecule has 0 heterocycles. The minimum Gasteiger partial charge on any atom is -0.389 e. The summed E-state index contributed by atoms with van der Waals surface area (Å²) < 4.78 is 0. The second kappa shape index (κ2) is 8.01. The quantitative estimate of drug-likeness (QED) is 0.660. The molecule has 3 fully saturated rings. The van der Waals surface area contributed by atoms with Crippen molar-refractivity contribution < 1.29 is 19.5 Å². The van der Waals surface area contributed by atoms with Gasteiger partial charge in [-0.05, 0) is 67.6 Å². The Morgan fingerprint density at radius 3 is 2.59 bits per heavy atom. The highest BCUT2D eigenvalue weighted by Gasteiger charge is 2.69. The van der Waals surface area contributed by atoms with Crippen LogP contribution in [-0.4, -0.2) is 28.2 Å². The van der Waals surface area contributed by atoms with Crippen LogP contribution in [0.25, 0.3) is 0 Å². The van der Waals surface area contributed by atoms with Crippen molar-refractivity contribution in [2.75, 3.05) is 0 Å². The second-order valence-electron chi connectivity index (χ2n) is 11.5. The standard InChI is InChI=1S/C29H35NO4/c1-18-16-29(34)23-10-9-20-15-21(31)11-13-27(20,2)22(23)12-14-28(29,3)24(18)25(32)26(33)30-17-19-7-5-4-6-8-19/h4-8,11,13,15,18,22-24,34H,9-10,12,14,16-17H2,1-3H3,(H,30,33)/t18-,22+,23-,24-,27+,28-,29?/m1/s1. The molecule has 0 radical (unpaired) electrons. The van der Waals surface area contributed by atoms with Crippen LogP contribution < -0.4 is 5.32 Å². The van der Waals surface area contributed by atoms with Crippen molar-refractivity contribution in [1.82, 2.24) is 5.32 Å². The molecule has 7 atom stereocenters. The maximum Gasteiger partial charge on any atom is 0.287 e. The van der Waals surface area contributed by atoms with Crippen LogP contribution >= 0.6 is 0 Å². The summed E-state index contributed by atoms with van der Waals surface area (Å²) in [4.78, 5) is 38.4. The molecule has 1 aromatic rings. The van der Waals surface area contributed by atoms with E-state index in [2.05, 4.69) is 12.2 Å². The minimum absolute atomic E-state index is 0.0406. The van der Waals surface area contributed by atoms with Gasteiger partial charge in [0.15, 0.2) is 5.78 Å². The average Bonchev–Trinajstić information content (AvgIpc) is 3.03. The van der Waals surface area contributed by atoms with E-state index < -0.39 is 28.6 Å². The molecule has 0 spiro atoms. The number of hydrogen-bond acceptors (Lipinski definition) is 4. The molecule has 2 N–H and O–H groups in total. The van der Waals surface area contributed by atoms with Gasteiger partial charge in [-0.1, -0.05) is 62.8 Å². The van der Waals surface area contributed by atoms with Crippen LogP contribution in [-0.2, 0) is 20.9 Å². The zero-order valence-corrected chi connectivity index (χ0v) is 20.3. The predicted molar refractivity (Wildman–Crippen MR) is 129 cm³/mol. The first-order valence-electron chi connectivity index (χ1n) is 12.6. The third-order valence-electron chi connectivity index (χ3n) is 9.85. The van der Waals surface area contributed by atoms with Gasteiger partial charge in [0.05, 0.1) is 5.60 Å². The van der Waals surface area contributed by atoms with E-state index in [1.165, 1.54) is 5.57 Å². The molecule has 4 aliphatic carbocycles. The number of carbonyl (C=O) groups is 3. The summed E-state index contributed by atoms with van der Waals surface area (Å²) in [6, 6.07) is 9.57. The van der Waals surface area contributed by atoms with Crippen molar-refractivity contribution in [2.24, 2.45) is 34.5 Å². The molecule has 5 rings (SSSR count). The van der Waals surface area contributed by atoms with Crippen molar-refractivity contribution in [3.63, 3.8) is 0 Å². The lowest BCUT2D eigenvalue weighted by atomic mass is 9.46. The molecule has 0 saturated heterocycles. The lowest BCUT2D eigenvalue weighted by Crippen LogP contribution is -2.61. The van der Waals surface area contributed by atoms with Crippen LogP contribution in [0.15, 0.2) is 54.1 Å². The molecule has 1 aromatic carbocycles. The number of amides is 1. The Morgan fingerprint density at radius 2 is 1.85 bits per heavy atom. The van der Waals surface area contributed by atoms with Crippen LogP contribution in [0.3, 0.4) is 0 Å². The molecule has 1 unspecified atom stereocenters. The third kappa shape index (κ3) is 3.27. The van der Waals surface area contributed by atoms with Crippen molar-refractivity contribution in [3.8, 4) is 0 Å². The van der Waals surface area contributed by atoms with Gasteiger partial charge in [0.25, 0.3) is 5.91 Å². The fraction of sp³-hybridized carbons (Fsp3) is 0.552. The highest BCUT2D eigenvalue weighted by Crippen LogP contribution is 2.68. The molecule has 1 amide bonds. The topological polar surface area (TPSA) is 83.5 Å². The smallest absolute Gasteiger partial charge is 0.287 e. The maximum atomic E-state index is 13.5. The van der Waals surface area contributed by atoms with Gasteiger partial charge in [-0.25, -0.2) is 0 Å². The molecule has 0 aliphatic heterocycles. The molecular weight excluding hydrogens is 426 g/mol. The number of rotatable bonds is 4. The lowest BCUT2D eigenvalue weighted by Gasteiger charge is -2.60. The normalized spacial score (nSPS) is 40.6. The first kappa shape index (κ1) is 23.2. The van der Waals surface area contributed by atoms with Crippen LogP contribution in [0.2, 0.25) is 0 Å². The van der Waals surface area contributed by atoms with Gasteiger partial charge < -0.3 is 10.4 Å². The molecule has 5 heteroatoms. The second-order valence-corrected chi connectivity index (χ2v) is 11.5. The minimum atomic E-state index is -1.00. The monoisotopic (exact) mass is 461 g/mol. The largest absolute Gasteiger partial charge is 0.389 e. The Bertz CT molecular complexity index is 1090. The summed E-state index contributed by atoms with van der Waals surface area (Å²) >= 11 is 0. The van der Waals surface area contributed by atoms with E-state index in [1.807, 2.05) is 50.3 Å². The molecule has 0 aromatic heterocycles. The zero-order valence-electron chi connectivity index (χ0n) is 20.3. The summed E-state index contributed by atoms with van der Waals surface area (Å²) in [7, 11) is 0. The van der Waals surface area contributed by atoms with Gasteiger partial charge in [-0.2, -0.15) is 0 Å². The van der Waals surface area contributed by atoms with E-state index in [0.29, 0.717) is 19.4 Å². The molecule has 0 bridgehead atoms. The van der Waals surface area contributed by atoms with Gasteiger partial charge in [0.2, 0.25) is 5.78 Å². The fourth-order valence-corrected chi connectivity index (χ4v) is 8.14. The third-order valence-corrected chi connectivity index (χ3v) is 9.85. The molecule has 180 valence electrons. The maximum absolute atomic E-state index is 13.5. The van der Waals surface area contributed by atoms with E-state index in [-0.39, 0.29) is 29.0 Å². The van der Waals surface area contributed by atoms with Gasteiger partial charge in [-0.3, -0.25) is 14.4 Å². The Balaban J connectivity index is 1.39.